The van der Waals surface area contributed by atoms with E-state index in [4.69, 9.17) is 21.1 Å². The van der Waals surface area contributed by atoms with Gasteiger partial charge in [-0.05, 0) is 25.1 Å². The lowest BCUT2D eigenvalue weighted by Crippen LogP contribution is -2.08. The molecule has 6 heteroatoms. The molecule has 0 radical (unpaired) electrons. The van der Waals surface area contributed by atoms with E-state index in [1.54, 1.807) is 25.1 Å². The van der Waals surface area contributed by atoms with Gasteiger partial charge in [0.15, 0.2) is 11.4 Å². The number of halogens is 1. The van der Waals surface area contributed by atoms with Crippen LogP contribution in [-0.4, -0.2) is 29.8 Å². The minimum atomic E-state index is -0.709. The first kappa shape index (κ1) is 13.4. The third-order valence-electron chi connectivity index (χ3n) is 2.61. The van der Waals surface area contributed by atoms with Gasteiger partial charge in [-0.1, -0.05) is 11.6 Å². The molecular weight excluding hydrogens is 270 g/mol. The number of aromatic nitrogens is 1. The van der Waals surface area contributed by atoms with Gasteiger partial charge < -0.3 is 14.6 Å². The molecule has 100 valence electrons. The van der Waals surface area contributed by atoms with Crippen molar-refractivity contribution in [2.75, 3.05) is 13.7 Å². The van der Waals surface area contributed by atoms with Crippen LogP contribution in [0, 0.1) is 0 Å². The summed E-state index contributed by atoms with van der Waals surface area (Å²) >= 11 is 6.02. The third kappa shape index (κ3) is 2.42. The summed E-state index contributed by atoms with van der Waals surface area (Å²) < 4.78 is 9.89. The summed E-state index contributed by atoms with van der Waals surface area (Å²) in [6.45, 7) is 1.86. The molecule has 1 heterocycles. The molecule has 1 N–H and O–H groups in total. The van der Waals surface area contributed by atoms with Gasteiger partial charge in [0.25, 0.3) is 0 Å². The van der Waals surface area contributed by atoms with E-state index in [1.807, 2.05) is 0 Å². The molecule has 2 rings (SSSR count). The zero-order valence-electron chi connectivity index (χ0n) is 10.4. The van der Waals surface area contributed by atoms with Crippen molar-refractivity contribution in [1.82, 2.24) is 4.98 Å². The number of ether oxygens (including phenoxy) is 2. The number of methoxy groups -OCH3 is 1. The topological polar surface area (TPSA) is 68.7 Å². The van der Waals surface area contributed by atoms with Gasteiger partial charge in [0.05, 0.1) is 13.7 Å². The van der Waals surface area contributed by atoms with Crippen molar-refractivity contribution in [3.8, 4) is 11.5 Å². The van der Waals surface area contributed by atoms with Crippen LogP contribution in [0.2, 0.25) is 5.15 Å². The van der Waals surface area contributed by atoms with E-state index >= 15 is 0 Å². The Labute approximate surface area is 114 Å². The number of fused-ring (bicyclic) bond motifs is 1. The van der Waals surface area contributed by atoms with Crippen molar-refractivity contribution in [2.45, 2.75) is 6.92 Å². The second-order valence-electron chi connectivity index (χ2n) is 3.73. The maximum Gasteiger partial charge on any atom is 0.360 e. The molecule has 0 spiro atoms. The fourth-order valence-corrected chi connectivity index (χ4v) is 1.95. The van der Waals surface area contributed by atoms with Crippen LogP contribution in [0.5, 0.6) is 11.5 Å². The number of aromatic hydroxyl groups is 1. The summed E-state index contributed by atoms with van der Waals surface area (Å²) in [5.41, 5.74) is -0.190. The van der Waals surface area contributed by atoms with Crippen LogP contribution in [0.3, 0.4) is 0 Å². The largest absolute Gasteiger partial charge is 0.505 e. The number of carbonyl (C=O) groups is 1. The summed E-state index contributed by atoms with van der Waals surface area (Å²) in [7, 11) is 1.52. The quantitative estimate of drug-likeness (QED) is 0.692. The Morgan fingerprint density at radius 2 is 2.16 bits per heavy atom. The van der Waals surface area contributed by atoms with Gasteiger partial charge in [-0.3, -0.25) is 0 Å². The zero-order chi connectivity index (χ0) is 14.0. The van der Waals surface area contributed by atoms with Crippen LogP contribution in [0.4, 0.5) is 0 Å². The number of carbonyl (C=O) groups excluding carboxylic acids is 1. The Bertz CT molecular complexity index is 642. The standard InChI is InChI=1S/C13H12ClNO4/c1-3-19-13(17)10-11(16)8-5-4-7(18-2)6-9(8)12(14)15-10/h4-6,16H,3H2,1-2H3. The van der Waals surface area contributed by atoms with E-state index in [9.17, 15) is 9.90 Å². The summed E-state index contributed by atoms with van der Waals surface area (Å²) in [5, 5.41) is 11.1. The molecular formula is C13H12ClNO4. The molecule has 0 atom stereocenters. The van der Waals surface area contributed by atoms with Crippen LogP contribution < -0.4 is 4.74 Å². The highest BCUT2D eigenvalue weighted by Crippen LogP contribution is 2.34. The van der Waals surface area contributed by atoms with Crippen LogP contribution in [0.1, 0.15) is 17.4 Å². The summed E-state index contributed by atoms with van der Waals surface area (Å²) in [5.74, 6) is -0.375. The summed E-state index contributed by atoms with van der Waals surface area (Å²) in [6.07, 6.45) is 0. The van der Waals surface area contributed by atoms with E-state index in [0.717, 1.165) is 0 Å². The summed E-state index contributed by atoms with van der Waals surface area (Å²) in [4.78, 5) is 15.5. The zero-order valence-corrected chi connectivity index (χ0v) is 11.2. The highest BCUT2D eigenvalue weighted by atomic mass is 35.5. The normalized spacial score (nSPS) is 10.5. The first-order valence-electron chi connectivity index (χ1n) is 5.61. The summed E-state index contributed by atoms with van der Waals surface area (Å²) in [6, 6.07) is 4.91. The van der Waals surface area contributed by atoms with Gasteiger partial charge in [0.2, 0.25) is 0 Å². The fraction of sp³-hybridized carbons (Fsp3) is 0.231. The number of pyridine rings is 1. The number of esters is 1. The van der Waals surface area contributed by atoms with E-state index < -0.39 is 5.97 Å². The minimum absolute atomic E-state index is 0.106. The van der Waals surface area contributed by atoms with Crippen LogP contribution >= 0.6 is 11.6 Å². The average molecular weight is 282 g/mol. The fourth-order valence-electron chi connectivity index (χ4n) is 1.71. The average Bonchev–Trinajstić information content (AvgIpc) is 2.42. The van der Waals surface area contributed by atoms with Gasteiger partial charge in [-0.2, -0.15) is 0 Å². The lowest BCUT2D eigenvalue weighted by atomic mass is 10.1. The predicted molar refractivity (Wildman–Crippen MR) is 70.9 cm³/mol. The molecule has 0 saturated carbocycles. The van der Waals surface area contributed by atoms with Crippen molar-refractivity contribution >= 4 is 28.3 Å². The van der Waals surface area contributed by atoms with Crippen molar-refractivity contribution < 1.29 is 19.4 Å². The second kappa shape index (κ2) is 5.32. The molecule has 1 aromatic carbocycles. The van der Waals surface area contributed by atoms with Gasteiger partial charge >= 0.3 is 5.97 Å². The van der Waals surface area contributed by atoms with E-state index in [1.165, 1.54) is 7.11 Å². The second-order valence-corrected chi connectivity index (χ2v) is 4.09. The lowest BCUT2D eigenvalue weighted by Gasteiger charge is -2.09. The Morgan fingerprint density at radius 3 is 2.79 bits per heavy atom. The van der Waals surface area contributed by atoms with Gasteiger partial charge in [0.1, 0.15) is 10.9 Å². The van der Waals surface area contributed by atoms with Crippen molar-refractivity contribution in [3.05, 3.63) is 29.0 Å². The highest BCUT2D eigenvalue weighted by molar-refractivity contribution is 6.35. The maximum atomic E-state index is 11.7. The van der Waals surface area contributed by atoms with Crippen molar-refractivity contribution in [2.24, 2.45) is 0 Å². The Kier molecular flexibility index (Phi) is 3.76. The molecule has 0 unspecified atom stereocenters. The predicted octanol–water partition coefficient (Wildman–Crippen LogP) is 2.78. The molecule has 0 bridgehead atoms. The smallest absolute Gasteiger partial charge is 0.360 e. The molecule has 0 fully saturated rings. The SMILES string of the molecule is CCOC(=O)c1nc(Cl)c2cc(OC)ccc2c1O. The highest BCUT2D eigenvalue weighted by Gasteiger charge is 2.19. The monoisotopic (exact) mass is 281 g/mol. The van der Waals surface area contributed by atoms with Crippen molar-refractivity contribution in [1.29, 1.82) is 0 Å². The number of hydrogen-bond donors (Lipinski definition) is 1. The molecule has 0 aliphatic rings. The number of nitrogens with zero attached hydrogens (tertiary/aromatic N) is 1. The number of rotatable bonds is 3. The van der Waals surface area contributed by atoms with E-state index in [-0.39, 0.29) is 23.2 Å². The van der Waals surface area contributed by atoms with Crippen LogP contribution in [0.25, 0.3) is 10.8 Å². The lowest BCUT2D eigenvalue weighted by molar-refractivity contribution is 0.0516. The van der Waals surface area contributed by atoms with Crippen LogP contribution in [0.15, 0.2) is 18.2 Å². The van der Waals surface area contributed by atoms with E-state index in [2.05, 4.69) is 4.98 Å². The molecule has 0 amide bonds. The Hall–Kier alpha value is -2.01. The molecule has 0 aliphatic heterocycles. The molecule has 19 heavy (non-hydrogen) atoms. The number of benzene rings is 1. The van der Waals surface area contributed by atoms with Crippen LogP contribution in [-0.2, 0) is 4.74 Å². The third-order valence-corrected chi connectivity index (χ3v) is 2.90. The molecule has 1 aromatic heterocycles. The molecule has 5 nitrogen and oxygen atoms in total. The van der Waals surface area contributed by atoms with E-state index in [0.29, 0.717) is 16.5 Å². The first-order chi connectivity index (χ1) is 9.08. The molecule has 0 aliphatic carbocycles. The first-order valence-corrected chi connectivity index (χ1v) is 5.99. The molecule has 2 aromatic rings. The van der Waals surface area contributed by atoms with Crippen molar-refractivity contribution in [3.63, 3.8) is 0 Å². The minimum Gasteiger partial charge on any atom is -0.505 e. The van der Waals surface area contributed by atoms with Gasteiger partial charge in [0, 0.05) is 10.8 Å². The Balaban J connectivity index is 2.65. The Morgan fingerprint density at radius 1 is 1.42 bits per heavy atom. The van der Waals surface area contributed by atoms with Gasteiger partial charge in [-0.15, -0.1) is 0 Å². The molecule has 0 saturated heterocycles. The number of hydrogen-bond acceptors (Lipinski definition) is 5. The maximum absolute atomic E-state index is 11.7. The van der Waals surface area contributed by atoms with Gasteiger partial charge in [-0.25, -0.2) is 9.78 Å².